The average molecular weight is 426 g/mol. The Morgan fingerprint density at radius 3 is 2.97 bits per heavy atom. The molecule has 10 nitrogen and oxygen atoms in total. The lowest BCUT2D eigenvalue weighted by atomic mass is 10.2. The molecule has 0 radical (unpaired) electrons. The van der Waals surface area contributed by atoms with Crippen molar-refractivity contribution in [1.29, 1.82) is 0 Å². The van der Waals surface area contributed by atoms with Gasteiger partial charge in [0.15, 0.2) is 15.7 Å². The molecule has 0 aliphatic carbocycles. The molecule has 0 unspecified atom stereocenters. The number of rotatable bonds is 2. The maximum atomic E-state index is 11.9. The van der Waals surface area contributed by atoms with Crippen molar-refractivity contribution in [1.82, 2.24) is 28.9 Å². The highest BCUT2D eigenvalue weighted by Gasteiger charge is 2.25. The molecule has 0 saturated carbocycles. The summed E-state index contributed by atoms with van der Waals surface area (Å²) in [5, 5.41) is 5.55. The van der Waals surface area contributed by atoms with E-state index in [1.807, 2.05) is 22.1 Å². The van der Waals surface area contributed by atoms with E-state index in [1.165, 1.54) is 17.9 Å². The van der Waals surface area contributed by atoms with Gasteiger partial charge in [0.2, 0.25) is 5.96 Å². The van der Waals surface area contributed by atoms with Crippen molar-refractivity contribution in [2.45, 2.75) is 4.90 Å². The van der Waals surface area contributed by atoms with Gasteiger partial charge in [-0.05, 0) is 18.2 Å². The van der Waals surface area contributed by atoms with Gasteiger partial charge in [0.25, 0.3) is 0 Å². The fourth-order valence-corrected chi connectivity index (χ4v) is 4.05. The van der Waals surface area contributed by atoms with E-state index in [4.69, 9.17) is 0 Å². The molecule has 12 heteroatoms. The zero-order chi connectivity index (χ0) is 20.0. The van der Waals surface area contributed by atoms with E-state index in [9.17, 15) is 8.42 Å². The van der Waals surface area contributed by atoms with Crippen LogP contribution in [0.2, 0.25) is 0 Å². The second kappa shape index (κ2) is 6.53. The highest BCUT2D eigenvalue weighted by molar-refractivity contribution is 7.90. The maximum Gasteiger partial charge on any atom is 0.244 e. The Kier molecular flexibility index (Phi) is 3.96. The molecule has 0 saturated heterocycles. The van der Waals surface area contributed by atoms with Gasteiger partial charge in [0.05, 0.1) is 39.4 Å². The van der Waals surface area contributed by atoms with E-state index >= 15 is 0 Å². The van der Waals surface area contributed by atoms with E-state index in [0.29, 0.717) is 23.0 Å². The Balaban J connectivity index is 1.57. The van der Waals surface area contributed by atoms with Crippen molar-refractivity contribution < 1.29 is 8.42 Å². The Bertz CT molecular complexity index is 1400. The molecule has 0 fully saturated rings. The van der Waals surface area contributed by atoms with Crippen LogP contribution in [0.5, 0.6) is 0 Å². The summed E-state index contributed by atoms with van der Waals surface area (Å²) in [4.78, 5) is 13.3. The van der Waals surface area contributed by atoms with Crippen LogP contribution in [0, 0.1) is 0 Å². The number of aliphatic imine (C=N–C) groups is 1. The van der Waals surface area contributed by atoms with Crippen molar-refractivity contribution in [3.63, 3.8) is 0 Å². The van der Waals surface area contributed by atoms with Crippen LogP contribution in [0.1, 0.15) is 5.56 Å². The molecule has 29 heavy (non-hydrogen) atoms. The average Bonchev–Trinajstić information content (AvgIpc) is 3.33. The van der Waals surface area contributed by atoms with E-state index in [1.54, 1.807) is 35.9 Å². The number of hydrogen-bond donors (Lipinski definition) is 2. The van der Waals surface area contributed by atoms with E-state index in [-0.39, 0.29) is 4.90 Å². The molecule has 146 valence electrons. The highest BCUT2D eigenvalue weighted by Crippen LogP contribution is 2.26. The molecule has 2 aliphatic rings. The van der Waals surface area contributed by atoms with Crippen LogP contribution in [-0.4, -0.2) is 38.8 Å². The van der Waals surface area contributed by atoms with Gasteiger partial charge in [-0.2, -0.15) is 9.37 Å². The highest BCUT2D eigenvalue weighted by atomic mass is 32.2. The minimum Gasteiger partial charge on any atom is -0.357 e. The lowest BCUT2D eigenvalue weighted by molar-refractivity contribution is 0.432. The predicted molar refractivity (Wildman–Crippen MR) is 108 cm³/mol. The lowest BCUT2D eigenvalue weighted by Gasteiger charge is -2.22. The van der Waals surface area contributed by atoms with Crippen molar-refractivity contribution in [2.75, 3.05) is 6.26 Å². The zero-order valence-corrected chi connectivity index (χ0v) is 16.6. The summed E-state index contributed by atoms with van der Waals surface area (Å²) in [6.07, 6.45) is 11.2. The van der Waals surface area contributed by atoms with Gasteiger partial charge >= 0.3 is 0 Å². The van der Waals surface area contributed by atoms with Gasteiger partial charge in [-0.3, -0.25) is 14.2 Å². The van der Waals surface area contributed by atoms with Crippen LogP contribution in [0.25, 0.3) is 11.2 Å². The molecular formula is C17H14N8O2S2. The monoisotopic (exact) mass is 426 g/mol. The summed E-state index contributed by atoms with van der Waals surface area (Å²) in [5.74, 6) is 0.969. The summed E-state index contributed by atoms with van der Waals surface area (Å²) in [5.41, 5.74) is 5.27. The maximum absolute atomic E-state index is 11.9. The standard InChI is InChI=1S/C17H14N8O2S2/c1-29(26,27)14-6-11(8-18-10-14)15-16-22-17(23-24(16)5-3-19-15)21-12-2-4-25-13(7-12)9-20-28-25/h2-10,19H,1H3,(H,22,23). The molecule has 2 N–H and O–H groups in total. The summed E-state index contributed by atoms with van der Waals surface area (Å²) in [7, 11) is -3.37. The molecule has 0 spiro atoms. The Morgan fingerprint density at radius 1 is 1.21 bits per heavy atom. The summed E-state index contributed by atoms with van der Waals surface area (Å²) in [6.45, 7) is 0. The summed E-state index contributed by atoms with van der Waals surface area (Å²) < 4.78 is 29.8. The number of hydrogen-bond acceptors (Lipinski definition) is 10. The fourth-order valence-electron chi connectivity index (χ4n) is 2.89. The van der Waals surface area contributed by atoms with Crippen molar-refractivity contribution in [2.24, 2.45) is 9.98 Å². The molecule has 5 rings (SSSR count). The quantitative estimate of drug-likeness (QED) is 0.619. The van der Waals surface area contributed by atoms with Gasteiger partial charge in [-0.1, -0.05) is 0 Å². The number of pyridine rings is 2. The van der Waals surface area contributed by atoms with E-state index < -0.39 is 9.84 Å². The van der Waals surface area contributed by atoms with E-state index in [0.717, 1.165) is 17.1 Å². The molecular weight excluding hydrogens is 412 g/mol. The number of guanidine groups is 1. The first-order valence-electron chi connectivity index (χ1n) is 8.43. The van der Waals surface area contributed by atoms with Crippen molar-refractivity contribution >= 4 is 38.7 Å². The third-order valence-electron chi connectivity index (χ3n) is 4.25. The van der Waals surface area contributed by atoms with Crippen LogP contribution in [-0.2, 0) is 9.84 Å². The predicted octanol–water partition coefficient (Wildman–Crippen LogP) is 0.672. The lowest BCUT2D eigenvalue weighted by Crippen LogP contribution is -2.34. The molecule has 5 heterocycles. The second-order valence-corrected chi connectivity index (χ2v) is 9.10. The zero-order valence-electron chi connectivity index (χ0n) is 15.0. The fraction of sp³-hybridized carbons (Fsp3) is 0.0588. The van der Waals surface area contributed by atoms with Gasteiger partial charge in [0, 0.05) is 42.8 Å². The van der Waals surface area contributed by atoms with Gasteiger partial charge in [-0.25, -0.2) is 18.4 Å². The van der Waals surface area contributed by atoms with Gasteiger partial charge in [-0.15, -0.1) is 0 Å². The third kappa shape index (κ3) is 3.28. The molecule has 0 amide bonds. The first-order chi connectivity index (χ1) is 14.0. The molecule has 3 aromatic rings. The second-order valence-electron chi connectivity index (χ2n) is 6.32. The number of aromatic nitrogens is 3. The minimum absolute atomic E-state index is 0.140. The smallest absolute Gasteiger partial charge is 0.244 e. The third-order valence-corrected chi connectivity index (χ3v) is 6.04. The molecule has 0 bridgehead atoms. The van der Waals surface area contributed by atoms with Crippen LogP contribution in [0.15, 0.2) is 76.1 Å². The molecule has 3 aromatic heterocycles. The molecule has 2 aliphatic heterocycles. The Hall–Kier alpha value is -3.51. The summed E-state index contributed by atoms with van der Waals surface area (Å²) in [6, 6.07) is 5.35. The summed E-state index contributed by atoms with van der Waals surface area (Å²) >= 11 is 1.35. The number of nitrogens with one attached hydrogen (secondary N) is 2. The molecule has 0 atom stereocenters. The van der Waals surface area contributed by atoms with Crippen molar-refractivity contribution in [3.8, 4) is 0 Å². The number of sulfone groups is 1. The topological polar surface area (TPSA) is 116 Å². The largest absolute Gasteiger partial charge is 0.357 e. The SMILES string of the molecule is CS(=O)(=O)c1cncc(C2=C3N=C(N=c4ccn5sncc5c4)NN3C=CN2)c1. The van der Waals surface area contributed by atoms with Crippen molar-refractivity contribution in [3.05, 3.63) is 72.1 Å². The number of fused-ring (bicyclic) bond motifs is 2. The first-order valence-corrected chi connectivity index (χ1v) is 11.1. The van der Waals surface area contributed by atoms with Crippen LogP contribution >= 0.6 is 11.7 Å². The van der Waals surface area contributed by atoms with Crippen LogP contribution in [0.3, 0.4) is 0 Å². The van der Waals surface area contributed by atoms with E-state index in [2.05, 4.69) is 30.1 Å². The Morgan fingerprint density at radius 2 is 2.10 bits per heavy atom. The number of nitrogens with zero attached hydrogens (tertiary/aromatic N) is 6. The minimum atomic E-state index is -3.37. The molecule has 0 aromatic carbocycles. The van der Waals surface area contributed by atoms with Crippen LogP contribution in [0.4, 0.5) is 0 Å². The first kappa shape index (κ1) is 17.6. The van der Waals surface area contributed by atoms with Crippen LogP contribution < -0.4 is 16.1 Å². The Labute approximate surface area is 169 Å². The van der Waals surface area contributed by atoms with Gasteiger partial charge < -0.3 is 5.32 Å². The van der Waals surface area contributed by atoms with Gasteiger partial charge in [0.1, 0.15) is 0 Å². The normalized spacial score (nSPS) is 16.7. The number of hydrazine groups is 1.